The maximum atomic E-state index is 12.4. The van der Waals surface area contributed by atoms with Crippen molar-refractivity contribution in [3.8, 4) is 0 Å². The maximum absolute atomic E-state index is 12.4. The number of nitrogens with zero attached hydrogens (tertiary/aromatic N) is 2. The van der Waals surface area contributed by atoms with E-state index in [1.165, 1.54) is 0 Å². The molecule has 1 aromatic rings. The average Bonchev–Trinajstić information content (AvgIpc) is 2.30. The molecule has 0 bridgehead atoms. The molecule has 0 N–H and O–H groups in total. The molecule has 3 nitrogen and oxygen atoms in total. The third-order valence-electron chi connectivity index (χ3n) is 1.98. The van der Waals surface area contributed by atoms with Gasteiger partial charge in [0.1, 0.15) is 0 Å². The fraction of sp³-hybridized carbons (Fsp3) is 0.714. The van der Waals surface area contributed by atoms with Crippen molar-refractivity contribution in [3.05, 3.63) is 11.7 Å². The molecule has 0 atom stereocenters. The Kier molecular flexibility index (Phi) is 1.43. The number of alkyl halides is 2. The van der Waals surface area contributed by atoms with Gasteiger partial charge in [-0.15, -0.1) is 0 Å². The van der Waals surface area contributed by atoms with Crippen LogP contribution >= 0.6 is 0 Å². The van der Waals surface area contributed by atoms with Gasteiger partial charge in [-0.05, 0) is 6.92 Å². The van der Waals surface area contributed by atoms with Gasteiger partial charge in [-0.2, -0.15) is 4.98 Å². The molecular weight excluding hydrogens is 166 g/mol. The van der Waals surface area contributed by atoms with Gasteiger partial charge in [0.05, 0.1) is 0 Å². The summed E-state index contributed by atoms with van der Waals surface area (Å²) in [7, 11) is 0. The van der Waals surface area contributed by atoms with Crippen LogP contribution in [0.4, 0.5) is 8.78 Å². The molecule has 0 radical (unpaired) electrons. The summed E-state index contributed by atoms with van der Waals surface area (Å²) in [5.41, 5.74) is 0. The normalized spacial score (nSPS) is 22.2. The van der Waals surface area contributed by atoms with Crippen LogP contribution in [0.25, 0.3) is 0 Å². The van der Waals surface area contributed by atoms with Crippen LogP contribution in [0.15, 0.2) is 4.52 Å². The minimum atomic E-state index is -2.52. The van der Waals surface area contributed by atoms with E-state index in [0.29, 0.717) is 11.7 Å². The van der Waals surface area contributed by atoms with Gasteiger partial charge in [-0.3, -0.25) is 0 Å². The van der Waals surface area contributed by atoms with Crippen LogP contribution in [0.2, 0.25) is 0 Å². The van der Waals surface area contributed by atoms with Crippen LogP contribution in [0.1, 0.15) is 30.5 Å². The smallest absolute Gasteiger partial charge is 0.249 e. The minimum absolute atomic E-state index is 0.158. The Labute approximate surface area is 67.8 Å². The summed E-state index contributed by atoms with van der Waals surface area (Å²) in [6.45, 7) is 1.67. The number of rotatable bonds is 1. The van der Waals surface area contributed by atoms with E-state index in [-0.39, 0.29) is 18.8 Å². The molecule has 1 aliphatic rings. The SMILES string of the molecule is Cc1noc(C2CC(F)(F)C2)n1. The van der Waals surface area contributed by atoms with Gasteiger partial charge in [0, 0.05) is 18.8 Å². The van der Waals surface area contributed by atoms with Gasteiger partial charge < -0.3 is 4.52 Å². The molecular formula is C7H8F2N2O. The maximum Gasteiger partial charge on any atom is 0.249 e. The highest BCUT2D eigenvalue weighted by atomic mass is 19.3. The summed E-state index contributed by atoms with van der Waals surface area (Å²) in [5, 5.41) is 3.54. The standard InChI is InChI=1S/C7H8F2N2O/c1-4-10-6(12-11-4)5-2-7(8,9)3-5/h5H,2-3H2,1H3. The first kappa shape index (κ1) is 7.64. The van der Waals surface area contributed by atoms with E-state index < -0.39 is 5.92 Å². The quantitative estimate of drug-likeness (QED) is 0.652. The fourth-order valence-corrected chi connectivity index (χ4v) is 1.31. The zero-order valence-corrected chi connectivity index (χ0v) is 6.55. The molecule has 0 spiro atoms. The minimum Gasteiger partial charge on any atom is -0.339 e. The van der Waals surface area contributed by atoms with Crippen molar-refractivity contribution < 1.29 is 13.3 Å². The second-order valence-electron chi connectivity index (χ2n) is 3.14. The van der Waals surface area contributed by atoms with Gasteiger partial charge in [0.2, 0.25) is 11.8 Å². The van der Waals surface area contributed by atoms with Crippen LogP contribution in [0.3, 0.4) is 0 Å². The molecule has 0 aromatic carbocycles. The van der Waals surface area contributed by atoms with Gasteiger partial charge >= 0.3 is 0 Å². The summed E-state index contributed by atoms with van der Waals surface area (Å²) in [6.07, 6.45) is -0.316. The lowest BCUT2D eigenvalue weighted by molar-refractivity contribution is -0.0925. The number of hydrogen-bond acceptors (Lipinski definition) is 3. The Bertz CT molecular complexity index is 289. The Hall–Kier alpha value is -1.00. The number of hydrogen-bond donors (Lipinski definition) is 0. The first-order chi connectivity index (χ1) is 5.57. The van der Waals surface area contributed by atoms with E-state index in [9.17, 15) is 8.78 Å². The van der Waals surface area contributed by atoms with Gasteiger partial charge in [-0.1, -0.05) is 5.16 Å². The number of aromatic nitrogens is 2. The van der Waals surface area contributed by atoms with Crippen molar-refractivity contribution in [3.63, 3.8) is 0 Å². The van der Waals surface area contributed by atoms with Crippen molar-refractivity contribution in [2.24, 2.45) is 0 Å². The van der Waals surface area contributed by atoms with E-state index >= 15 is 0 Å². The Morgan fingerprint density at radius 3 is 2.58 bits per heavy atom. The van der Waals surface area contributed by atoms with Crippen LogP contribution < -0.4 is 0 Å². The number of aryl methyl sites for hydroxylation is 1. The van der Waals surface area contributed by atoms with Crippen LogP contribution in [0.5, 0.6) is 0 Å². The predicted octanol–water partition coefficient (Wildman–Crippen LogP) is 1.89. The summed E-state index contributed by atoms with van der Waals surface area (Å²) < 4.78 is 29.5. The highest BCUT2D eigenvalue weighted by molar-refractivity contribution is 5.03. The molecule has 0 amide bonds. The highest BCUT2D eigenvalue weighted by Gasteiger charge is 2.48. The molecule has 1 fully saturated rings. The molecule has 66 valence electrons. The Morgan fingerprint density at radius 1 is 1.50 bits per heavy atom. The first-order valence-electron chi connectivity index (χ1n) is 3.75. The summed E-state index contributed by atoms with van der Waals surface area (Å²) in [6, 6.07) is 0. The van der Waals surface area contributed by atoms with Gasteiger partial charge in [0.15, 0.2) is 5.82 Å². The van der Waals surface area contributed by atoms with Crippen molar-refractivity contribution >= 4 is 0 Å². The predicted molar refractivity (Wildman–Crippen MR) is 36.0 cm³/mol. The monoisotopic (exact) mass is 174 g/mol. The van der Waals surface area contributed by atoms with Crippen molar-refractivity contribution in [2.75, 3.05) is 0 Å². The molecule has 1 aromatic heterocycles. The van der Waals surface area contributed by atoms with Crippen molar-refractivity contribution in [2.45, 2.75) is 31.6 Å². The topological polar surface area (TPSA) is 38.9 Å². The van der Waals surface area contributed by atoms with E-state index in [2.05, 4.69) is 10.1 Å². The molecule has 1 aliphatic carbocycles. The second-order valence-corrected chi connectivity index (χ2v) is 3.14. The molecule has 0 saturated heterocycles. The zero-order chi connectivity index (χ0) is 8.77. The summed E-state index contributed by atoms with van der Waals surface area (Å²) in [4.78, 5) is 3.89. The molecule has 2 rings (SSSR count). The summed E-state index contributed by atoms with van der Waals surface area (Å²) >= 11 is 0. The van der Waals surface area contributed by atoms with Gasteiger partial charge in [0.25, 0.3) is 0 Å². The van der Waals surface area contributed by atoms with E-state index in [1.807, 2.05) is 0 Å². The number of halogens is 2. The zero-order valence-electron chi connectivity index (χ0n) is 6.55. The molecule has 0 unspecified atom stereocenters. The van der Waals surface area contributed by atoms with E-state index in [0.717, 1.165) is 0 Å². The second kappa shape index (κ2) is 2.24. The van der Waals surface area contributed by atoms with Crippen LogP contribution in [-0.4, -0.2) is 16.1 Å². The molecule has 0 aliphatic heterocycles. The lowest BCUT2D eigenvalue weighted by atomic mass is 9.81. The fourth-order valence-electron chi connectivity index (χ4n) is 1.31. The first-order valence-corrected chi connectivity index (χ1v) is 3.75. The lowest BCUT2D eigenvalue weighted by Gasteiger charge is -2.31. The Morgan fingerprint density at radius 2 is 2.17 bits per heavy atom. The van der Waals surface area contributed by atoms with Crippen molar-refractivity contribution in [1.82, 2.24) is 10.1 Å². The molecule has 5 heteroatoms. The van der Waals surface area contributed by atoms with E-state index in [1.54, 1.807) is 6.92 Å². The van der Waals surface area contributed by atoms with E-state index in [4.69, 9.17) is 4.52 Å². The van der Waals surface area contributed by atoms with Crippen molar-refractivity contribution in [1.29, 1.82) is 0 Å². The van der Waals surface area contributed by atoms with Crippen LogP contribution in [-0.2, 0) is 0 Å². The lowest BCUT2D eigenvalue weighted by Crippen LogP contribution is -2.33. The average molecular weight is 174 g/mol. The van der Waals surface area contributed by atoms with Gasteiger partial charge in [-0.25, -0.2) is 8.78 Å². The summed E-state index contributed by atoms with van der Waals surface area (Å²) in [5.74, 6) is -1.91. The largest absolute Gasteiger partial charge is 0.339 e. The Balaban J connectivity index is 2.06. The molecule has 1 heterocycles. The molecule has 12 heavy (non-hydrogen) atoms. The molecule has 1 saturated carbocycles. The third kappa shape index (κ3) is 1.19. The highest BCUT2D eigenvalue weighted by Crippen LogP contribution is 2.47. The third-order valence-corrected chi connectivity index (χ3v) is 1.98. The van der Waals surface area contributed by atoms with Crippen LogP contribution in [0, 0.1) is 6.92 Å².